The molecule has 0 fully saturated rings. The van der Waals surface area contributed by atoms with E-state index in [0.29, 0.717) is 0 Å². The molecule has 14 heavy (non-hydrogen) atoms. The Balaban J connectivity index is 3.50. The molecule has 0 saturated carbocycles. The minimum Gasteiger partial charge on any atom is -0.501 e. The van der Waals surface area contributed by atoms with Crippen LogP contribution in [0.1, 0.15) is 12.0 Å². The number of aromatic nitrogens is 1. The first-order valence-corrected chi connectivity index (χ1v) is 4.04. The lowest BCUT2D eigenvalue weighted by molar-refractivity contribution is -0.387. The Morgan fingerprint density at radius 3 is 2.57 bits per heavy atom. The van der Waals surface area contributed by atoms with Crippen molar-refractivity contribution < 1.29 is 18.8 Å². The Morgan fingerprint density at radius 2 is 2.21 bits per heavy atom. The lowest BCUT2D eigenvalue weighted by atomic mass is 10.2. The summed E-state index contributed by atoms with van der Waals surface area (Å²) in [4.78, 5) is 12.6. The minimum absolute atomic E-state index is 0.350. The van der Waals surface area contributed by atoms with E-state index in [-0.39, 0.29) is 4.60 Å². The highest BCUT2D eigenvalue weighted by Gasteiger charge is 2.29. The van der Waals surface area contributed by atoms with Gasteiger partial charge in [-0.2, -0.15) is 0 Å². The van der Waals surface area contributed by atoms with Gasteiger partial charge in [0.05, 0.1) is 11.1 Å². The van der Waals surface area contributed by atoms with E-state index in [0.717, 1.165) is 6.20 Å². The SMILES string of the molecule is O=[N+]([O-])c1c(O)cnc(Br)c1C(F)F. The van der Waals surface area contributed by atoms with Crippen LogP contribution in [-0.2, 0) is 0 Å². The molecule has 0 bridgehead atoms. The van der Waals surface area contributed by atoms with Crippen molar-refractivity contribution in [3.8, 4) is 5.75 Å². The quantitative estimate of drug-likeness (QED) is 0.508. The molecule has 0 radical (unpaired) electrons. The molecule has 0 aliphatic heterocycles. The van der Waals surface area contributed by atoms with Crippen molar-refractivity contribution in [3.63, 3.8) is 0 Å². The van der Waals surface area contributed by atoms with E-state index >= 15 is 0 Å². The molecule has 0 atom stereocenters. The highest BCUT2D eigenvalue weighted by atomic mass is 79.9. The molecule has 1 N–H and O–H groups in total. The molecular weight excluding hydrogens is 266 g/mol. The number of nitro groups is 1. The highest BCUT2D eigenvalue weighted by molar-refractivity contribution is 9.10. The van der Waals surface area contributed by atoms with Gasteiger partial charge in [-0.1, -0.05) is 0 Å². The van der Waals surface area contributed by atoms with Gasteiger partial charge in [-0.3, -0.25) is 10.1 Å². The third kappa shape index (κ3) is 1.79. The van der Waals surface area contributed by atoms with Crippen molar-refractivity contribution in [2.45, 2.75) is 6.43 Å². The summed E-state index contributed by atoms with van der Waals surface area (Å²) in [7, 11) is 0. The summed E-state index contributed by atoms with van der Waals surface area (Å²) in [5.41, 5.74) is -1.95. The molecule has 0 aliphatic rings. The predicted molar refractivity (Wildman–Crippen MR) is 45.2 cm³/mol. The van der Waals surface area contributed by atoms with E-state index in [4.69, 9.17) is 5.11 Å². The molecule has 0 aromatic carbocycles. The van der Waals surface area contributed by atoms with Gasteiger partial charge in [-0.05, 0) is 15.9 Å². The normalized spacial score (nSPS) is 10.6. The van der Waals surface area contributed by atoms with E-state index in [1.54, 1.807) is 0 Å². The molecule has 0 aliphatic carbocycles. The van der Waals surface area contributed by atoms with Gasteiger partial charge >= 0.3 is 5.69 Å². The lowest BCUT2D eigenvalue weighted by Gasteiger charge is -2.04. The Kier molecular flexibility index (Phi) is 2.94. The smallest absolute Gasteiger partial charge is 0.323 e. The first kappa shape index (κ1) is 10.8. The fourth-order valence-electron chi connectivity index (χ4n) is 0.869. The molecule has 0 unspecified atom stereocenters. The molecule has 5 nitrogen and oxygen atoms in total. The van der Waals surface area contributed by atoms with Crippen LogP contribution in [0.3, 0.4) is 0 Å². The van der Waals surface area contributed by atoms with Crippen molar-refractivity contribution in [3.05, 3.63) is 26.5 Å². The van der Waals surface area contributed by atoms with E-state index in [1.807, 2.05) is 0 Å². The fraction of sp³-hybridized carbons (Fsp3) is 0.167. The number of halogens is 3. The number of hydrogen-bond acceptors (Lipinski definition) is 4. The van der Waals surface area contributed by atoms with Crippen molar-refractivity contribution in [1.29, 1.82) is 0 Å². The minimum atomic E-state index is -3.08. The van der Waals surface area contributed by atoms with Gasteiger partial charge in [0, 0.05) is 0 Å². The first-order chi connectivity index (χ1) is 6.45. The summed E-state index contributed by atoms with van der Waals surface area (Å²) in [5, 5.41) is 19.3. The second kappa shape index (κ2) is 3.82. The van der Waals surface area contributed by atoms with Crippen LogP contribution in [0.15, 0.2) is 10.8 Å². The van der Waals surface area contributed by atoms with Gasteiger partial charge in [0.2, 0.25) is 5.75 Å². The maximum absolute atomic E-state index is 12.3. The lowest BCUT2D eigenvalue weighted by Crippen LogP contribution is -1.99. The zero-order valence-corrected chi connectivity index (χ0v) is 8.03. The Hall–Kier alpha value is -1.31. The predicted octanol–water partition coefficient (Wildman–Crippen LogP) is 2.40. The molecule has 8 heteroatoms. The number of pyridine rings is 1. The highest BCUT2D eigenvalue weighted by Crippen LogP contribution is 2.39. The second-order valence-electron chi connectivity index (χ2n) is 2.25. The molecule has 1 aromatic rings. The zero-order valence-electron chi connectivity index (χ0n) is 6.45. The van der Waals surface area contributed by atoms with Crippen molar-refractivity contribution in [2.75, 3.05) is 0 Å². The van der Waals surface area contributed by atoms with Crippen LogP contribution < -0.4 is 0 Å². The number of rotatable bonds is 2. The van der Waals surface area contributed by atoms with Crippen molar-refractivity contribution in [2.24, 2.45) is 0 Å². The number of nitrogens with zero attached hydrogens (tertiary/aromatic N) is 2. The van der Waals surface area contributed by atoms with Gasteiger partial charge in [0.15, 0.2) is 0 Å². The van der Waals surface area contributed by atoms with Crippen molar-refractivity contribution >= 4 is 21.6 Å². The maximum Gasteiger partial charge on any atom is 0.323 e. The van der Waals surface area contributed by atoms with Crippen LogP contribution in [0, 0.1) is 10.1 Å². The maximum atomic E-state index is 12.3. The zero-order chi connectivity index (χ0) is 10.9. The molecule has 0 amide bonds. The van der Waals surface area contributed by atoms with Gasteiger partial charge in [-0.25, -0.2) is 13.8 Å². The van der Waals surface area contributed by atoms with Crippen LogP contribution in [-0.4, -0.2) is 15.0 Å². The van der Waals surface area contributed by atoms with E-state index in [1.165, 1.54) is 0 Å². The average molecular weight is 269 g/mol. The Bertz CT molecular complexity index is 386. The largest absolute Gasteiger partial charge is 0.501 e. The molecule has 1 heterocycles. The standard InChI is InChI=1S/C6H3BrF2N2O3/c7-5-3(6(8)9)4(11(13)14)2(12)1-10-5/h1,6,12H. The second-order valence-corrected chi connectivity index (χ2v) is 3.01. The van der Waals surface area contributed by atoms with Gasteiger partial charge in [-0.15, -0.1) is 0 Å². The molecule has 1 rings (SSSR count). The van der Waals surface area contributed by atoms with Gasteiger partial charge in [0.1, 0.15) is 10.2 Å². The summed E-state index contributed by atoms with van der Waals surface area (Å²) in [5.74, 6) is -0.881. The molecular formula is C6H3BrF2N2O3. The third-order valence-corrected chi connectivity index (χ3v) is 2.05. The number of alkyl halides is 2. The molecule has 1 aromatic heterocycles. The summed E-state index contributed by atoms with van der Waals surface area (Å²) in [6, 6.07) is 0. The topological polar surface area (TPSA) is 76.3 Å². The monoisotopic (exact) mass is 268 g/mol. The van der Waals surface area contributed by atoms with E-state index in [9.17, 15) is 18.9 Å². The Labute approximate surface area is 84.7 Å². The summed E-state index contributed by atoms with van der Waals surface area (Å²) in [6.45, 7) is 0. The van der Waals surface area contributed by atoms with Crippen LogP contribution in [0.4, 0.5) is 14.5 Å². The van der Waals surface area contributed by atoms with Crippen LogP contribution in [0.2, 0.25) is 0 Å². The van der Waals surface area contributed by atoms with Crippen molar-refractivity contribution in [1.82, 2.24) is 4.98 Å². The first-order valence-electron chi connectivity index (χ1n) is 3.25. The fourth-order valence-corrected chi connectivity index (χ4v) is 1.33. The van der Waals surface area contributed by atoms with Crippen LogP contribution in [0.5, 0.6) is 5.75 Å². The summed E-state index contributed by atoms with van der Waals surface area (Å²) >= 11 is 2.64. The van der Waals surface area contributed by atoms with Gasteiger partial charge < -0.3 is 5.11 Å². The Morgan fingerprint density at radius 1 is 1.64 bits per heavy atom. The molecule has 0 saturated heterocycles. The van der Waals surface area contributed by atoms with Crippen LogP contribution >= 0.6 is 15.9 Å². The van der Waals surface area contributed by atoms with Crippen LogP contribution in [0.25, 0.3) is 0 Å². The van der Waals surface area contributed by atoms with E-state index < -0.39 is 28.3 Å². The van der Waals surface area contributed by atoms with E-state index in [2.05, 4.69) is 20.9 Å². The number of hydrogen-bond donors (Lipinski definition) is 1. The summed E-state index contributed by atoms with van der Waals surface area (Å²) < 4.78 is 24.3. The third-order valence-electron chi connectivity index (χ3n) is 1.42. The summed E-state index contributed by atoms with van der Waals surface area (Å²) in [6.07, 6.45) is -2.35. The molecule has 0 spiro atoms. The van der Waals surface area contributed by atoms with Gasteiger partial charge in [0.25, 0.3) is 6.43 Å². The average Bonchev–Trinajstić information content (AvgIpc) is 2.07. The molecule has 76 valence electrons. The number of aromatic hydroxyl groups is 1.